The van der Waals surface area contributed by atoms with Crippen LogP contribution in [0.25, 0.3) is 5.78 Å². The lowest BCUT2D eigenvalue weighted by molar-refractivity contribution is 0.681. The summed E-state index contributed by atoms with van der Waals surface area (Å²) in [6, 6.07) is 2.06. The number of rotatable bonds is 4. The van der Waals surface area contributed by atoms with Gasteiger partial charge >= 0.3 is 0 Å². The lowest BCUT2D eigenvalue weighted by atomic mass is 10.3. The number of fused-ring (bicyclic) bond motifs is 1. The van der Waals surface area contributed by atoms with Crippen LogP contribution in [0, 0.1) is 13.8 Å². The number of aryl methyl sites for hydroxylation is 3. The summed E-state index contributed by atoms with van der Waals surface area (Å²) in [6.45, 7) is 7.12. The summed E-state index contributed by atoms with van der Waals surface area (Å²) >= 11 is 1.70. The fraction of sp³-hybridized carbons (Fsp3) is 0.357. The van der Waals surface area contributed by atoms with E-state index in [4.69, 9.17) is 0 Å². The Kier molecular flexibility index (Phi) is 3.48. The van der Waals surface area contributed by atoms with Gasteiger partial charge in [0.25, 0.3) is 0 Å². The molecular formula is C14H17N5S. The first-order valence-corrected chi connectivity index (χ1v) is 7.62. The lowest BCUT2D eigenvalue weighted by Gasteiger charge is -2.02. The summed E-state index contributed by atoms with van der Waals surface area (Å²) < 4.78 is 4.17. The maximum absolute atomic E-state index is 4.58. The zero-order chi connectivity index (χ0) is 14.1. The largest absolute Gasteiger partial charge is 0.326 e. The van der Waals surface area contributed by atoms with Crippen molar-refractivity contribution in [3.8, 4) is 0 Å². The van der Waals surface area contributed by atoms with Crippen molar-refractivity contribution in [3.63, 3.8) is 0 Å². The highest BCUT2D eigenvalue weighted by Gasteiger charge is 2.08. The van der Waals surface area contributed by atoms with E-state index >= 15 is 0 Å². The molecule has 0 saturated carbocycles. The van der Waals surface area contributed by atoms with Crippen LogP contribution in [0.1, 0.15) is 24.0 Å². The van der Waals surface area contributed by atoms with Crippen LogP contribution in [-0.4, -0.2) is 23.9 Å². The molecule has 20 heavy (non-hydrogen) atoms. The zero-order valence-electron chi connectivity index (χ0n) is 11.9. The van der Waals surface area contributed by atoms with Gasteiger partial charge in [-0.15, -0.1) is 0 Å². The summed E-state index contributed by atoms with van der Waals surface area (Å²) in [5.74, 6) is 1.58. The molecule has 0 amide bonds. The van der Waals surface area contributed by atoms with Crippen LogP contribution >= 0.6 is 11.8 Å². The molecule has 0 aliphatic rings. The third-order valence-corrected chi connectivity index (χ3v) is 4.22. The van der Waals surface area contributed by atoms with E-state index in [2.05, 4.69) is 45.6 Å². The number of hydrogen-bond acceptors (Lipinski definition) is 4. The van der Waals surface area contributed by atoms with Crippen molar-refractivity contribution in [2.45, 2.75) is 38.2 Å². The topological polar surface area (TPSA) is 48.0 Å². The summed E-state index contributed by atoms with van der Waals surface area (Å²) in [5.41, 5.74) is 3.19. The fourth-order valence-electron chi connectivity index (χ4n) is 2.20. The molecule has 0 N–H and O–H groups in total. The first-order valence-electron chi connectivity index (χ1n) is 6.63. The first-order chi connectivity index (χ1) is 9.67. The molecule has 0 fully saturated rings. The van der Waals surface area contributed by atoms with Gasteiger partial charge in [0.2, 0.25) is 5.78 Å². The Hall–Kier alpha value is -1.82. The number of aromatic nitrogens is 5. The molecule has 104 valence electrons. The molecule has 3 aromatic rings. The number of nitrogens with zero attached hydrogens (tertiary/aromatic N) is 5. The van der Waals surface area contributed by atoms with Crippen LogP contribution in [0.15, 0.2) is 29.8 Å². The lowest BCUT2D eigenvalue weighted by Crippen LogP contribution is -1.94. The van der Waals surface area contributed by atoms with E-state index in [9.17, 15) is 0 Å². The van der Waals surface area contributed by atoms with Crippen LogP contribution in [0.5, 0.6) is 0 Å². The summed E-state index contributed by atoms with van der Waals surface area (Å²) in [4.78, 5) is 13.4. The minimum Gasteiger partial charge on any atom is -0.326 e. The number of imidazole rings is 2. The molecular weight excluding hydrogens is 270 g/mol. The SMILES string of the molecule is CCn1ccnc1SCc1cn2c(C)cc(C)nc2n1. The Morgan fingerprint density at radius 1 is 1.25 bits per heavy atom. The van der Waals surface area contributed by atoms with Gasteiger partial charge in [-0.1, -0.05) is 11.8 Å². The summed E-state index contributed by atoms with van der Waals surface area (Å²) in [6.07, 6.45) is 5.90. The van der Waals surface area contributed by atoms with Gasteiger partial charge in [0.1, 0.15) is 0 Å². The Labute approximate surface area is 122 Å². The maximum Gasteiger partial charge on any atom is 0.234 e. The highest BCUT2D eigenvalue weighted by atomic mass is 32.2. The number of hydrogen-bond donors (Lipinski definition) is 0. The average Bonchev–Trinajstić information content (AvgIpc) is 3.01. The molecule has 0 atom stereocenters. The van der Waals surface area contributed by atoms with Crippen LogP contribution < -0.4 is 0 Å². The van der Waals surface area contributed by atoms with Gasteiger partial charge in [-0.2, -0.15) is 0 Å². The van der Waals surface area contributed by atoms with Crippen molar-refractivity contribution in [2.75, 3.05) is 0 Å². The third-order valence-electron chi connectivity index (χ3n) is 3.18. The van der Waals surface area contributed by atoms with Gasteiger partial charge < -0.3 is 4.57 Å². The van der Waals surface area contributed by atoms with Crippen LogP contribution in [0.2, 0.25) is 0 Å². The van der Waals surface area contributed by atoms with Gasteiger partial charge in [-0.3, -0.25) is 4.40 Å². The average molecular weight is 287 g/mol. The molecule has 0 unspecified atom stereocenters. The van der Waals surface area contributed by atoms with Crippen molar-refractivity contribution in [2.24, 2.45) is 0 Å². The van der Waals surface area contributed by atoms with Crippen molar-refractivity contribution >= 4 is 17.5 Å². The van der Waals surface area contributed by atoms with Gasteiger partial charge in [0.15, 0.2) is 5.16 Å². The van der Waals surface area contributed by atoms with E-state index in [1.54, 1.807) is 11.8 Å². The monoisotopic (exact) mass is 287 g/mol. The Bertz CT molecular complexity index is 743. The fourth-order valence-corrected chi connectivity index (χ4v) is 3.11. The molecule has 0 aromatic carbocycles. The normalized spacial score (nSPS) is 11.3. The van der Waals surface area contributed by atoms with E-state index in [1.165, 1.54) is 0 Å². The van der Waals surface area contributed by atoms with E-state index in [1.807, 2.05) is 23.7 Å². The molecule has 3 heterocycles. The summed E-state index contributed by atoms with van der Waals surface area (Å²) in [7, 11) is 0. The molecule has 5 nitrogen and oxygen atoms in total. The van der Waals surface area contributed by atoms with Gasteiger partial charge in [0, 0.05) is 42.3 Å². The molecule has 0 aliphatic heterocycles. The van der Waals surface area contributed by atoms with E-state index in [0.29, 0.717) is 0 Å². The molecule has 0 aliphatic carbocycles. The van der Waals surface area contributed by atoms with Crippen molar-refractivity contribution in [1.82, 2.24) is 23.9 Å². The first kappa shape index (κ1) is 13.2. The van der Waals surface area contributed by atoms with Crippen LogP contribution in [-0.2, 0) is 12.3 Å². The Balaban J connectivity index is 1.83. The minimum atomic E-state index is 0.775. The second kappa shape index (κ2) is 5.28. The van der Waals surface area contributed by atoms with Crippen LogP contribution in [0.3, 0.4) is 0 Å². The van der Waals surface area contributed by atoms with Crippen molar-refractivity contribution in [1.29, 1.82) is 0 Å². The minimum absolute atomic E-state index is 0.775. The van der Waals surface area contributed by atoms with Crippen molar-refractivity contribution in [3.05, 3.63) is 41.7 Å². The maximum atomic E-state index is 4.58. The molecule has 0 spiro atoms. The smallest absolute Gasteiger partial charge is 0.234 e. The zero-order valence-corrected chi connectivity index (χ0v) is 12.7. The highest BCUT2D eigenvalue weighted by Crippen LogP contribution is 2.21. The second-order valence-corrected chi connectivity index (χ2v) is 5.67. The molecule has 0 saturated heterocycles. The van der Waals surface area contributed by atoms with Gasteiger partial charge in [-0.25, -0.2) is 15.0 Å². The predicted octanol–water partition coefficient (Wildman–Crippen LogP) is 2.85. The number of thioether (sulfide) groups is 1. The van der Waals surface area contributed by atoms with E-state index < -0.39 is 0 Å². The summed E-state index contributed by atoms with van der Waals surface area (Å²) in [5, 5.41) is 1.03. The quantitative estimate of drug-likeness (QED) is 0.692. The van der Waals surface area contributed by atoms with E-state index in [0.717, 1.165) is 40.3 Å². The Morgan fingerprint density at radius 2 is 2.10 bits per heavy atom. The van der Waals surface area contributed by atoms with Gasteiger partial charge in [0.05, 0.1) is 5.69 Å². The predicted molar refractivity (Wildman–Crippen MR) is 79.9 cm³/mol. The van der Waals surface area contributed by atoms with E-state index in [-0.39, 0.29) is 0 Å². The highest BCUT2D eigenvalue weighted by molar-refractivity contribution is 7.98. The second-order valence-electron chi connectivity index (χ2n) is 4.73. The molecule has 6 heteroatoms. The van der Waals surface area contributed by atoms with Crippen molar-refractivity contribution < 1.29 is 0 Å². The third kappa shape index (κ3) is 2.43. The standard InChI is InChI=1S/C14H17N5S/c1-4-18-6-5-15-14(18)20-9-12-8-19-11(3)7-10(2)16-13(19)17-12/h5-8H,4,9H2,1-3H3. The molecule has 0 radical (unpaired) electrons. The van der Waals surface area contributed by atoms with Gasteiger partial charge in [-0.05, 0) is 26.8 Å². The van der Waals surface area contributed by atoms with Crippen LogP contribution in [0.4, 0.5) is 0 Å². The Morgan fingerprint density at radius 3 is 2.90 bits per heavy atom. The molecule has 3 aromatic heterocycles. The molecule has 3 rings (SSSR count). The molecule has 0 bridgehead atoms.